The Morgan fingerprint density at radius 1 is 1.67 bits per heavy atom. The van der Waals surface area contributed by atoms with E-state index in [1.807, 2.05) is 0 Å². The molecule has 0 aliphatic carbocycles. The molecule has 1 aromatic rings. The number of anilines is 2. The molecule has 0 bridgehead atoms. The molecule has 0 aliphatic heterocycles. The van der Waals surface area contributed by atoms with Crippen molar-refractivity contribution >= 4 is 22.4 Å². The SMILES string of the molecule is COc1c(N)nsc1NCC(O)C(F)F. The smallest absolute Gasteiger partial charge is 0.265 e. The molecule has 0 saturated heterocycles. The van der Waals surface area contributed by atoms with E-state index in [1.54, 1.807) is 0 Å². The molecule has 1 aromatic heterocycles. The number of alkyl halides is 2. The van der Waals surface area contributed by atoms with Gasteiger partial charge in [-0.1, -0.05) is 0 Å². The highest BCUT2D eigenvalue weighted by atomic mass is 32.1. The molecule has 86 valence electrons. The van der Waals surface area contributed by atoms with E-state index in [4.69, 9.17) is 15.6 Å². The fraction of sp³-hybridized carbons (Fsp3) is 0.571. The van der Waals surface area contributed by atoms with Crippen LogP contribution < -0.4 is 15.8 Å². The molecule has 5 nitrogen and oxygen atoms in total. The molecule has 0 radical (unpaired) electrons. The van der Waals surface area contributed by atoms with Crippen LogP contribution in [0.1, 0.15) is 0 Å². The van der Waals surface area contributed by atoms with E-state index in [0.717, 1.165) is 11.5 Å². The Bertz CT molecular complexity index is 321. The number of aromatic nitrogens is 1. The standard InChI is InChI=1S/C7H11F2N3O2S/c1-14-4-6(10)12-15-7(4)11-2-3(13)5(8)9/h3,5,11,13H,2H2,1H3,(H2,10,12). The summed E-state index contributed by atoms with van der Waals surface area (Å²) in [6, 6.07) is 0. The minimum atomic E-state index is -2.78. The van der Waals surface area contributed by atoms with Crippen LogP contribution in [0, 0.1) is 0 Å². The number of halogens is 2. The first-order valence-corrected chi connectivity index (χ1v) is 4.82. The van der Waals surface area contributed by atoms with Crippen molar-refractivity contribution in [2.24, 2.45) is 0 Å². The number of aliphatic hydroxyl groups excluding tert-OH is 1. The summed E-state index contributed by atoms with van der Waals surface area (Å²) < 4.78 is 32.6. The molecule has 0 aliphatic rings. The van der Waals surface area contributed by atoms with Crippen molar-refractivity contribution in [1.29, 1.82) is 0 Å². The van der Waals surface area contributed by atoms with E-state index in [2.05, 4.69) is 9.69 Å². The van der Waals surface area contributed by atoms with Crippen molar-refractivity contribution in [3.05, 3.63) is 0 Å². The van der Waals surface area contributed by atoms with Crippen LogP contribution in [-0.2, 0) is 0 Å². The van der Waals surface area contributed by atoms with Crippen molar-refractivity contribution in [3.8, 4) is 5.75 Å². The summed E-state index contributed by atoms with van der Waals surface area (Å²) in [5, 5.41) is 11.9. The monoisotopic (exact) mass is 239 g/mol. The molecular formula is C7H11F2N3O2S. The van der Waals surface area contributed by atoms with Gasteiger partial charge in [-0.2, -0.15) is 4.37 Å². The maximum Gasteiger partial charge on any atom is 0.265 e. The maximum atomic E-state index is 12.0. The zero-order valence-corrected chi connectivity index (χ0v) is 8.72. The average molecular weight is 239 g/mol. The van der Waals surface area contributed by atoms with Crippen LogP contribution in [0.15, 0.2) is 0 Å². The number of nitrogens with zero attached hydrogens (tertiary/aromatic N) is 1. The fourth-order valence-electron chi connectivity index (χ4n) is 0.890. The summed E-state index contributed by atoms with van der Waals surface area (Å²) in [6.07, 6.45) is -4.51. The summed E-state index contributed by atoms with van der Waals surface area (Å²) in [5.74, 6) is 0.498. The van der Waals surface area contributed by atoms with Crippen LogP contribution in [-0.4, -0.2) is 35.7 Å². The van der Waals surface area contributed by atoms with Gasteiger partial charge in [0.2, 0.25) is 0 Å². The van der Waals surface area contributed by atoms with E-state index in [1.165, 1.54) is 7.11 Å². The number of aliphatic hydroxyl groups is 1. The molecule has 0 aromatic carbocycles. The Labute approximate surface area is 89.0 Å². The molecule has 1 atom stereocenters. The summed E-state index contributed by atoms with van der Waals surface area (Å²) in [5.41, 5.74) is 5.44. The maximum absolute atomic E-state index is 12.0. The zero-order valence-electron chi connectivity index (χ0n) is 7.91. The summed E-state index contributed by atoms with van der Waals surface area (Å²) in [7, 11) is 1.40. The van der Waals surface area contributed by atoms with Gasteiger partial charge < -0.3 is 20.9 Å². The van der Waals surface area contributed by atoms with Crippen molar-refractivity contribution in [2.75, 3.05) is 24.7 Å². The highest BCUT2D eigenvalue weighted by molar-refractivity contribution is 7.11. The lowest BCUT2D eigenvalue weighted by Crippen LogP contribution is -2.26. The van der Waals surface area contributed by atoms with Gasteiger partial charge in [-0.15, -0.1) is 0 Å². The lowest BCUT2D eigenvalue weighted by atomic mass is 10.3. The predicted octanol–water partition coefficient (Wildman–Crippen LogP) is 0.772. The van der Waals surface area contributed by atoms with Crippen LogP contribution in [0.2, 0.25) is 0 Å². The molecule has 15 heavy (non-hydrogen) atoms. The van der Waals surface area contributed by atoms with Gasteiger partial charge >= 0.3 is 0 Å². The summed E-state index contributed by atoms with van der Waals surface area (Å²) >= 11 is 0.987. The second-order valence-corrected chi connectivity index (χ2v) is 3.49. The van der Waals surface area contributed by atoms with Gasteiger partial charge in [0.25, 0.3) is 6.43 Å². The van der Waals surface area contributed by atoms with E-state index in [0.29, 0.717) is 10.8 Å². The van der Waals surface area contributed by atoms with Crippen molar-refractivity contribution < 1.29 is 18.6 Å². The molecule has 0 amide bonds. The van der Waals surface area contributed by atoms with Gasteiger partial charge in [-0.05, 0) is 11.5 Å². The number of hydrogen-bond donors (Lipinski definition) is 3. The quantitative estimate of drug-likeness (QED) is 0.707. The van der Waals surface area contributed by atoms with E-state index < -0.39 is 12.5 Å². The third-order valence-corrected chi connectivity index (χ3v) is 2.44. The van der Waals surface area contributed by atoms with E-state index >= 15 is 0 Å². The van der Waals surface area contributed by atoms with Gasteiger partial charge in [-0.25, -0.2) is 8.78 Å². The van der Waals surface area contributed by atoms with Crippen molar-refractivity contribution in [3.63, 3.8) is 0 Å². The van der Waals surface area contributed by atoms with Crippen LogP contribution in [0.5, 0.6) is 5.75 Å². The molecule has 0 spiro atoms. The first kappa shape index (κ1) is 11.9. The van der Waals surface area contributed by atoms with Crippen LogP contribution in [0.4, 0.5) is 19.6 Å². The molecule has 0 saturated carbocycles. The molecule has 0 fully saturated rings. The average Bonchev–Trinajstić information content (AvgIpc) is 2.55. The first-order valence-electron chi connectivity index (χ1n) is 4.05. The van der Waals surface area contributed by atoms with Gasteiger partial charge in [0.15, 0.2) is 16.6 Å². The Balaban J connectivity index is 2.57. The number of nitrogen functional groups attached to an aromatic ring is 1. The van der Waals surface area contributed by atoms with Gasteiger partial charge in [0.1, 0.15) is 6.10 Å². The highest BCUT2D eigenvalue weighted by Crippen LogP contribution is 2.34. The lowest BCUT2D eigenvalue weighted by molar-refractivity contribution is 0.00386. The number of rotatable bonds is 5. The van der Waals surface area contributed by atoms with Crippen molar-refractivity contribution in [1.82, 2.24) is 4.37 Å². The molecular weight excluding hydrogens is 228 g/mol. The van der Waals surface area contributed by atoms with Crippen LogP contribution in [0.3, 0.4) is 0 Å². The third kappa shape index (κ3) is 2.90. The van der Waals surface area contributed by atoms with E-state index in [9.17, 15) is 8.78 Å². The second kappa shape index (κ2) is 5.08. The normalized spacial score (nSPS) is 12.9. The molecule has 8 heteroatoms. The number of hydrogen-bond acceptors (Lipinski definition) is 6. The van der Waals surface area contributed by atoms with Gasteiger partial charge in [0.05, 0.1) is 7.11 Å². The lowest BCUT2D eigenvalue weighted by Gasteiger charge is -2.10. The zero-order chi connectivity index (χ0) is 11.4. The summed E-state index contributed by atoms with van der Waals surface area (Å²) in [6.45, 7) is -0.282. The Morgan fingerprint density at radius 2 is 2.33 bits per heavy atom. The fourth-order valence-corrected chi connectivity index (χ4v) is 1.58. The summed E-state index contributed by atoms with van der Waals surface area (Å²) in [4.78, 5) is 0. The minimum Gasteiger partial charge on any atom is -0.490 e. The largest absolute Gasteiger partial charge is 0.490 e. The Kier molecular flexibility index (Phi) is 4.04. The van der Waals surface area contributed by atoms with Crippen LogP contribution >= 0.6 is 11.5 Å². The topological polar surface area (TPSA) is 80.4 Å². The first-order chi connectivity index (χ1) is 7.06. The second-order valence-electron chi connectivity index (χ2n) is 2.71. The predicted molar refractivity (Wildman–Crippen MR) is 53.6 cm³/mol. The van der Waals surface area contributed by atoms with Gasteiger partial charge in [0, 0.05) is 6.54 Å². The number of methoxy groups -OCH3 is 1. The molecule has 1 heterocycles. The molecule has 1 unspecified atom stereocenters. The van der Waals surface area contributed by atoms with Crippen molar-refractivity contribution in [2.45, 2.75) is 12.5 Å². The number of nitrogens with two attached hydrogens (primary N) is 1. The van der Waals surface area contributed by atoms with Crippen LogP contribution in [0.25, 0.3) is 0 Å². The Morgan fingerprint density at radius 3 is 2.87 bits per heavy atom. The highest BCUT2D eigenvalue weighted by Gasteiger charge is 2.18. The van der Waals surface area contributed by atoms with E-state index in [-0.39, 0.29) is 12.4 Å². The minimum absolute atomic E-state index is 0.191. The third-order valence-electron chi connectivity index (χ3n) is 1.64. The number of nitrogens with one attached hydrogen (secondary N) is 1. The molecule has 1 rings (SSSR count). The Hall–Kier alpha value is -1.15. The number of ether oxygens (including phenoxy) is 1. The molecule has 4 N–H and O–H groups in total. The van der Waals surface area contributed by atoms with Gasteiger partial charge in [-0.3, -0.25) is 0 Å².